The Kier molecular flexibility index (Phi) is 3.28. The SMILES string of the molecule is Cc1cccc(SCc2cncs2)c1N. The fourth-order valence-corrected chi connectivity index (χ4v) is 2.93. The van der Waals surface area contributed by atoms with E-state index in [9.17, 15) is 0 Å². The van der Waals surface area contributed by atoms with E-state index >= 15 is 0 Å². The maximum atomic E-state index is 5.99. The zero-order valence-corrected chi connectivity index (χ0v) is 10.1. The highest BCUT2D eigenvalue weighted by atomic mass is 32.2. The second kappa shape index (κ2) is 4.68. The summed E-state index contributed by atoms with van der Waals surface area (Å²) in [6.45, 7) is 2.03. The Morgan fingerprint density at radius 1 is 1.47 bits per heavy atom. The molecule has 0 atom stereocenters. The molecule has 2 aromatic rings. The van der Waals surface area contributed by atoms with Crippen LogP contribution in [-0.4, -0.2) is 4.98 Å². The smallest absolute Gasteiger partial charge is 0.0794 e. The van der Waals surface area contributed by atoms with Crippen LogP contribution in [-0.2, 0) is 5.75 Å². The van der Waals surface area contributed by atoms with Crippen LogP contribution in [0.1, 0.15) is 10.4 Å². The number of aryl methyl sites for hydroxylation is 1. The van der Waals surface area contributed by atoms with Crippen molar-refractivity contribution in [2.24, 2.45) is 0 Å². The predicted octanol–water partition coefficient (Wildman–Crippen LogP) is 3.33. The summed E-state index contributed by atoms with van der Waals surface area (Å²) in [5.74, 6) is 0.943. The molecule has 2 N–H and O–H groups in total. The molecule has 4 heteroatoms. The van der Waals surface area contributed by atoms with E-state index in [1.165, 1.54) is 4.88 Å². The highest BCUT2D eigenvalue weighted by Gasteiger charge is 2.03. The lowest BCUT2D eigenvalue weighted by molar-refractivity contribution is 1.34. The molecule has 0 spiro atoms. The van der Waals surface area contributed by atoms with Gasteiger partial charge in [-0.25, -0.2) is 0 Å². The van der Waals surface area contributed by atoms with Crippen LogP contribution in [0.15, 0.2) is 34.8 Å². The molecule has 1 heterocycles. The van der Waals surface area contributed by atoms with Crippen molar-refractivity contribution in [3.63, 3.8) is 0 Å². The largest absolute Gasteiger partial charge is 0.398 e. The molecule has 0 radical (unpaired) electrons. The molecular formula is C11H12N2S2. The van der Waals surface area contributed by atoms with Crippen molar-refractivity contribution in [2.75, 3.05) is 5.73 Å². The molecule has 0 aliphatic heterocycles. The molecule has 2 nitrogen and oxygen atoms in total. The van der Waals surface area contributed by atoms with Gasteiger partial charge in [0.15, 0.2) is 0 Å². The van der Waals surface area contributed by atoms with Crippen LogP contribution in [0.5, 0.6) is 0 Å². The van der Waals surface area contributed by atoms with Crippen LogP contribution >= 0.6 is 23.1 Å². The Labute approximate surface area is 97.5 Å². The van der Waals surface area contributed by atoms with Gasteiger partial charge < -0.3 is 5.73 Å². The molecule has 1 aromatic heterocycles. The standard InChI is InChI=1S/C11H12N2S2/c1-8-3-2-4-10(11(8)12)14-6-9-5-13-7-15-9/h2-5,7H,6,12H2,1H3. The summed E-state index contributed by atoms with van der Waals surface area (Å²) < 4.78 is 0. The maximum Gasteiger partial charge on any atom is 0.0794 e. The summed E-state index contributed by atoms with van der Waals surface area (Å²) in [6, 6.07) is 6.14. The second-order valence-electron chi connectivity index (χ2n) is 3.24. The third-order valence-electron chi connectivity index (χ3n) is 2.14. The molecule has 0 unspecified atom stereocenters. The molecule has 15 heavy (non-hydrogen) atoms. The highest BCUT2D eigenvalue weighted by molar-refractivity contribution is 7.98. The van der Waals surface area contributed by atoms with Gasteiger partial charge in [-0.1, -0.05) is 12.1 Å². The number of nitrogens with zero attached hydrogens (tertiary/aromatic N) is 1. The number of nitrogens with two attached hydrogens (primary N) is 1. The van der Waals surface area contributed by atoms with Gasteiger partial charge in [-0.15, -0.1) is 23.1 Å². The van der Waals surface area contributed by atoms with Gasteiger partial charge in [0.1, 0.15) is 0 Å². The first-order valence-corrected chi connectivity index (χ1v) is 6.49. The van der Waals surface area contributed by atoms with Gasteiger partial charge in [0.25, 0.3) is 0 Å². The number of thioether (sulfide) groups is 1. The zero-order valence-electron chi connectivity index (χ0n) is 8.43. The van der Waals surface area contributed by atoms with E-state index in [0.717, 1.165) is 21.9 Å². The number of aromatic nitrogens is 1. The van der Waals surface area contributed by atoms with E-state index in [0.29, 0.717) is 0 Å². The summed E-state index contributed by atoms with van der Waals surface area (Å²) in [7, 11) is 0. The normalized spacial score (nSPS) is 10.5. The first-order valence-electron chi connectivity index (χ1n) is 4.62. The van der Waals surface area contributed by atoms with E-state index in [1.54, 1.807) is 23.1 Å². The third kappa shape index (κ3) is 2.52. The van der Waals surface area contributed by atoms with Gasteiger partial charge in [-0.05, 0) is 18.6 Å². The fraction of sp³-hybridized carbons (Fsp3) is 0.182. The molecule has 0 saturated carbocycles. The average molecular weight is 236 g/mol. The molecule has 0 bridgehead atoms. The molecule has 78 valence electrons. The van der Waals surface area contributed by atoms with Crippen molar-refractivity contribution in [1.82, 2.24) is 4.98 Å². The van der Waals surface area contributed by atoms with E-state index in [2.05, 4.69) is 11.1 Å². The molecule has 1 aromatic carbocycles. The van der Waals surface area contributed by atoms with Crippen LogP contribution in [0.4, 0.5) is 5.69 Å². The lowest BCUT2D eigenvalue weighted by atomic mass is 10.2. The minimum atomic E-state index is 0.895. The lowest BCUT2D eigenvalue weighted by Gasteiger charge is -2.06. The van der Waals surface area contributed by atoms with Crippen LogP contribution in [0, 0.1) is 6.92 Å². The van der Waals surface area contributed by atoms with Crippen LogP contribution in [0.2, 0.25) is 0 Å². The fourth-order valence-electron chi connectivity index (χ4n) is 1.24. The topological polar surface area (TPSA) is 38.9 Å². The molecule has 0 amide bonds. The number of para-hydroxylation sites is 1. The van der Waals surface area contributed by atoms with E-state index in [-0.39, 0.29) is 0 Å². The van der Waals surface area contributed by atoms with Gasteiger partial charge in [-0.3, -0.25) is 4.98 Å². The molecule has 0 aliphatic carbocycles. The Hall–Kier alpha value is -1.00. The number of benzene rings is 1. The molecular weight excluding hydrogens is 224 g/mol. The Morgan fingerprint density at radius 2 is 2.33 bits per heavy atom. The average Bonchev–Trinajstić information content (AvgIpc) is 2.73. The summed E-state index contributed by atoms with van der Waals surface area (Å²) in [4.78, 5) is 6.48. The number of rotatable bonds is 3. The summed E-state index contributed by atoms with van der Waals surface area (Å²) in [5.41, 5.74) is 9.88. The first-order chi connectivity index (χ1) is 7.27. The summed E-state index contributed by atoms with van der Waals surface area (Å²) in [5, 5.41) is 0. The number of hydrogen-bond donors (Lipinski definition) is 1. The summed E-state index contributed by atoms with van der Waals surface area (Å²) >= 11 is 3.44. The number of anilines is 1. The van der Waals surface area contributed by atoms with E-state index in [1.807, 2.05) is 30.8 Å². The maximum absolute atomic E-state index is 5.99. The van der Waals surface area contributed by atoms with Crippen molar-refractivity contribution in [3.05, 3.63) is 40.3 Å². The van der Waals surface area contributed by atoms with Crippen molar-refractivity contribution in [3.8, 4) is 0 Å². The molecule has 0 saturated heterocycles. The molecule has 0 aliphatic rings. The van der Waals surface area contributed by atoms with Crippen LogP contribution in [0.3, 0.4) is 0 Å². The van der Waals surface area contributed by atoms with Crippen molar-refractivity contribution in [1.29, 1.82) is 0 Å². The number of hydrogen-bond acceptors (Lipinski definition) is 4. The van der Waals surface area contributed by atoms with Crippen LogP contribution in [0.25, 0.3) is 0 Å². The van der Waals surface area contributed by atoms with E-state index < -0.39 is 0 Å². The van der Waals surface area contributed by atoms with Crippen molar-refractivity contribution >= 4 is 28.8 Å². The quantitative estimate of drug-likeness (QED) is 0.656. The predicted molar refractivity (Wildman–Crippen MR) is 67.3 cm³/mol. The van der Waals surface area contributed by atoms with E-state index in [4.69, 9.17) is 5.73 Å². The van der Waals surface area contributed by atoms with Crippen molar-refractivity contribution in [2.45, 2.75) is 17.6 Å². The van der Waals surface area contributed by atoms with Gasteiger partial charge in [0.2, 0.25) is 0 Å². The minimum Gasteiger partial charge on any atom is -0.398 e. The Bertz CT molecular complexity index is 438. The third-order valence-corrected chi connectivity index (χ3v) is 4.22. The van der Waals surface area contributed by atoms with Crippen LogP contribution < -0.4 is 5.73 Å². The highest BCUT2D eigenvalue weighted by Crippen LogP contribution is 2.30. The van der Waals surface area contributed by atoms with Gasteiger partial charge in [-0.2, -0.15) is 0 Å². The first kappa shape index (κ1) is 10.5. The number of thiazole rings is 1. The van der Waals surface area contributed by atoms with Gasteiger partial charge in [0.05, 0.1) is 5.51 Å². The zero-order chi connectivity index (χ0) is 10.7. The second-order valence-corrected chi connectivity index (χ2v) is 5.23. The summed E-state index contributed by atoms with van der Waals surface area (Å²) in [6.07, 6.45) is 1.91. The molecule has 2 rings (SSSR count). The van der Waals surface area contributed by atoms with Gasteiger partial charge >= 0.3 is 0 Å². The minimum absolute atomic E-state index is 0.895. The van der Waals surface area contributed by atoms with Gasteiger partial charge in [0, 0.05) is 27.4 Å². The number of nitrogen functional groups attached to an aromatic ring is 1. The molecule has 0 fully saturated rings. The lowest BCUT2D eigenvalue weighted by Crippen LogP contribution is -1.91. The monoisotopic (exact) mass is 236 g/mol. The van der Waals surface area contributed by atoms with Crippen molar-refractivity contribution < 1.29 is 0 Å². The Morgan fingerprint density at radius 3 is 3.07 bits per heavy atom. The Balaban J connectivity index is 2.08.